The molecule has 102 valence electrons. The van der Waals surface area contributed by atoms with Gasteiger partial charge in [0.25, 0.3) is 0 Å². The molecule has 20 heavy (non-hydrogen) atoms. The van der Waals surface area contributed by atoms with Crippen molar-refractivity contribution >= 4 is 23.5 Å². The van der Waals surface area contributed by atoms with E-state index in [0.717, 1.165) is 5.56 Å². The fraction of sp³-hybridized carbons (Fsp3) is 0.125. The molecule has 3 nitrogen and oxygen atoms in total. The van der Waals surface area contributed by atoms with E-state index < -0.39 is 0 Å². The third-order valence-electron chi connectivity index (χ3n) is 2.85. The molecule has 0 spiro atoms. The van der Waals surface area contributed by atoms with Crippen molar-refractivity contribution in [3.8, 4) is 0 Å². The minimum atomic E-state index is 0.513. The molecule has 0 heterocycles. The van der Waals surface area contributed by atoms with E-state index >= 15 is 0 Å². The maximum atomic E-state index is 5.17. The van der Waals surface area contributed by atoms with Crippen LogP contribution in [0.5, 0.6) is 0 Å². The highest BCUT2D eigenvalue weighted by Crippen LogP contribution is 2.03. The molecule has 0 aliphatic carbocycles. The minimum absolute atomic E-state index is 0.513. The van der Waals surface area contributed by atoms with Crippen molar-refractivity contribution in [3.63, 3.8) is 0 Å². The molecule has 2 rings (SSSR count). The van der Waals surface area contributed by atoms with Crippen LogP contribution in [0.3, 0.4) is 0 Å². The third-order valence-corrected chi connectivity index (χ3v) is 3.09. The second-order valence-corrected chi connectivity index (χ2v) is 4.80. The summed E-state index contributed by atoms with van der Waals surface area (Å²) in [5.41, 5.74) is 6.26. The highest BCUT2D eigenvalue weighted by molar-refractivity contribution is 7.80. The molecule has 0 aliphatic heterocycles. The SMILES string of the molecule is Cc1ccccc1C=NNC(=S)NCc1ccccc1. The molecule has 0 amide bonds. The van der Waals surface area contributed by atoms with Gasteiger partial charge in [-0.25, -0.2) is 0 Å². The Morgan fingerprint density at radius 1 is 1.10 bits per heavy atom. The van der Waals surface area contributed by atoms with E-state index in [4.69, 9.17) is 12.2 Å². The van der Waals surface area contributed by atoms with Crippen LogP contribution in [0.4, 0.5) is 0 Å². The number of hydrazone groups is 1. The number of rotatable bonds is 4. The van der Waals surface area contributed by atoms with Gasteiger partial charge >= 0.3 is 0 Å². The molecule has 0 saturated carbocycles. The number of aryl methyl sites for hydroxylation is 1. The van der Waals surface area contributed by atoms with Gasteiger partial charge in [-0.3, -0.25) is 5.43 Å². The molecule has 0 fully saturated rings. The van der Waals surface area contributed by atoms with Gasteiger partial charge in [0.15, 0.2) is 5.11 Å². The molecule has 2 aromatic carbocycles. The van der Waals surface area contributed by atoms with Crippen LogP contribution >= 0.6 is 12.2 Å². The largest absolute Gasteiger partial charge is 0.357 e. The fourth-order valence-electron chi connectivity index (χ4n) is 1.71. The lowest BCUT2D eigenvalue weighted by Gasteiger charge is -2.06. The van der Waals surface area contributed by atoms with Gasteiger partial charge in [0.05, 0.1) is 6.21 Å². The Labute approximate surface area is 124 Å². The van der Waals surface area contributed by atoms with Gasteiger partial charge in [-0.05, 0) is 35.8 Å². The topological polar surface area (TPSA) is 36.4 Å². The number of thiocarbonyl (C=S) groups is 1. The molecule has 0 aromatic heterocycles. The van der Waals surface area contributed by atoms with Crippen molar-refractivity contribution in [2.24, 2.45) is 5.10 Å². The van der Waals surface area contributed by atoms with Crippen LogP contribution < -0.4 is 10.7 Å². The van der Waals surface area contributed by atoms with Gasteiger partial charge in [0, 0.05) is 6.54 Å². The van der Waals surface area contributed by atoms with Crippen LogP contribution in [-0.2, 0) is 6.54 Å². The van der Waals surface area contributed by atoms with E-state index in [9.17, 15) is 0 Å². The lowest BCUT2D eigenvalue weighted by molar-refractivity contribution is 0.869. The van der Waals surface area contributed by atoms with Crippen molar-refractivity contribution in [3.05, 3.63) is 71.3 Å². The van der Waals surface area contributed by atoms with Gasteiger partial charge < -0.3 is 5.32 Å². The summed E-state index contributed by atoms with van der Waals surface area (Å²) < 4.78 is 0. The Kier molecular flexibility index (Phi) is 5.26. The first-order valence-electron chi connectivity index (χ1n) is 6.42. The van der Waals surface area contributed by atoms with E-state index in [2.05, 4.69) is 15.8 Å². The van der Waals surface area contributed by atoms with E-state index in [-0.39, 0.29) is 0 Å². The zero-order valence-corrected chi connectivity index (χ0v) is 12.2. The van der Waals surface area contributed by atoms with Crippen LogP contribution in [0.1, 0.15) is 16.7 Å². The Balaban J connectivity index is 1.79. The molecule has 0 atom stereocenters. The van der Waals surface area contributed by atoms with Crippen molar-refractivity contribution in [2.45, 2.75) is 13.5 Å². The van der Waals surface area contributed by atoms with Crippen LogP contribution in [0.15, 0.2) is 59.7 Å². The summed E-state index contributed by atoms with van der Waals surface area (Å²) in [5, 5.41) is 7.76. The van der Waals surface area contributed by atoms with Crippen LogP contribution in [0.2, 0.25) is 0 Å². The first-order valence-corrected chi connectivity index (χ1v) is 6.83. The van der Waals surface area contributed by atoms with Gasteiger partial charge in [-0.2, -0.15) is 5.10 Å². The molecule has 0 radical (unpaired) electrons. The smallest absolute Gasteiger partial charge is 0.187 e. The number of benzene rings is 2. The molecular formula is C16H17N3S. The number of nitrogens with one attached hydrogen (secondary N) is 2. The predicted octanol–water partition coefficient (Wildman–Crippen LogP) is 2.99. The molecule has 0 aliphatic rings. The van der Waals surface area contributed by atoms with E-state index in [0.29, 0.717) is 11.7 Å². The molecule has 2 N–H and O–H groups in total. The fourth-order valence-corrected chi connectivity index (χ4v) is 1.83. The van der Waals surface area contributed by atoms with E-state index in [1.54, 1.807) is 6.21 Å². The zero-order chi connectivity index (χ0) is 14.2. The van der Waals surface area contributed by atoms with Crippen LogP contribution in [-0.4, -0.2) is 11.3 Å². The second-order valence-electron chi connectivity index (χ2n) is 4.39. The highest BCUT2D eigenvalue weighted by Gasteiger charge is 1.95. The number of nitrogens with zero attached hydrogens (tertiary/aromatic N) is 1. The molecule has 0 unspecified atom stereocenters. The molecule has 2 aromatic rings. The predicted molar refractivity (Wildman–Crippen MR) is 87.8 cm³/mol. The first kappa shape index (κ1) is 14.2. The Bertz CT molecular complexity index is 594. The number of hydrogen-bond acceptors (Lipinski definition) is 2. The Hall–Kier alpha value is -2.20. The zero-order valence-electron chi connectivity index (χ0n) is 11.3. The summed E-state index contributed by atoms with van der Waals surface area (Å²) in [6, 6.07) is 18.2. The van der Waals surface area contributed by atoms with Crippen molar-refractivity contribution in [2.75, 3.05) is 0 Å². The van der Waals surface area contributed by atoms with E-state index in [1.807, 2.05) is 61.5 Å². The minimum Gasteiger partial charge on any atom is -0.357 e. The average molecular weight is 283 g/mol. The number of hydrogen-bond donors (Lipinski definition) is 2. The standard InChI is InChI=1S/C16H17N3S/c1-13-7-5-6-10-15(13)12-18-19-16(20)17-11-14-8-3-2-4-9-14/h2-10,12H,11H2,1H3,(H2,17,19,20). The molecule has 4 heteroatoms. The molecule has 0 saturated heterocycles. The normalized spacial score (nSPS) is 10.4. The Morgan fingerprint density at radius 3 is 2.55 bits per heavy atom. The van der Waals surface area contributed by atoms with Gasteiger partial charge in [-0.15, -0.1) is 0 Å². The quantitative estimate of drug-likeness (QED) is 0.514. The molecular weight excluding hydrogens is 266 g/mol. The Morgan fingerprint density at radius 2 is 1.80 bits per heavy atom. The van der Waals surface area contributed by atoms with Crippen LogP contribution in [0.25, 0.3) is 0 Å². The van der Waals surface area contributed by atoms with Crippen LogP contribution in [0, 0.1) is 6.92 Å². The molecule has 0 bridgehead atoms. The third kappa shape index (κ3) is 4.48. The monoisotopic (exact) mass is 283 g/mol. The van der Waals surface area contributed by atoms with Gasteiger partial charge in [0.2, 0.25) is 0 Å². The maximum Gasteiger partial charge on any atom is 0.187 e. The summed E-state index contributed by atoms with van der Waals surface area (Å²) in [5.74, 6) is 0. The maximum absolute atomic E-state index is 5.17. The summed E-state index contributed by atoms with van der Waals surface area (Å²) in [7, 11) is 0. The summed E-state index contributed by atoms with van der Waals surface area (Å²) in [6.07, 6.45) is 1.77. The summed E-state index contributed by atoms with van der Waals surface area (Å²) in [4.78, 5) is 0. The first-order chi connectivity index (χ1) is 9.75. The van der Waals surface area contributed by atoms with E-state index in [1.165, 1.54) is 11.1 Å². The van der Waals surface area contributed by atoms with Crippen molar-refractivity contribution < 1.29 is 0 Å². The summed E-state index contributed by atoms with van der Waals surface area (Å²) in [6.45, 7) is 2.74. The lowest BCUT2D eigenvalue weighted by atomic mass is 10.1. The highest BCUT2D eigenvalue weighted by atomic mass is 32.1. The van der Waals surface area contributed by atoms with Crippen molar-refractivity contribution in [1.29, 1.82) is 0 Å². The van der Waals surface area contributed by atoms with Gasteiger partial charge in [0.1, 0.15) is 0 Å². The summed E-state index contributed by atoms with van der Waals surface area (Å²) >= 11 is 5.17. The average Bonchev–Trinajstić information content (AvgIpc) is 2.48. The lowest BCUT2D eigenvalue weighted by Crippen LogP contribution is -2.31. The second kappa shape index (κ2) is 7.40. The van der Waals surface area contributed by atoms with Crippen molar-refractivity contribution in [1.82, 2.24) is 10.7 Å². The van der Waals surface area contributed by atoms with Gasteiger partial charge in [-0.1, -0.05) is 54.6 Å².